The maximum Gasteiger partial charge on any atom is 0.317 e. The third-order valence-corrected chi connectivity index (χ3v) is 2.65. The lowest BCUT2D eigenvalue weighted by atomic mass is 10.3. The fraction of sp³-hybridized carbons (Fsp3) is 0.727. The minimum Gasteiger partial charge on any atom is -0.481 e. The van der Waals surface area contributed by atoms with Gasteiger partial charge in [-0.2, -0.15) is 0 Å². The molecule has 0 radical (unpaired) electrons. The molecule has 0 aromatic rings. The SMILES string of the molecule is COC(=O)CCNC(=O)N(CCC(=O)O)C1CC1. The maximum atomic E-state index is 11.8. The highest BCUT2D eigenvalue weighted by Gasteiger charge is 2.32. The number of aliphatic carboxylic acids is 1. The first-order valence-electron chi connectivity index (χ1n) is 5.87. The Hall–Kier alpha value is -1.79. The molecule has 1 saturated carbocycles. The Morgan fingerprint density at radius 3 is 2.50 bits per heavy atom. The molecule has 0 heterocycles. The van der Waals surface area contributed by atoms with Crippen molar-refractivity contribution in [3.63, 3.8) is 0 Å². The fourth-order valence-electron chi connectivity index (χ4n) is 1.53. The van der Waals surface area contributed by atoms with Crippen LogP contribution >= 0.6 is 0 Å². The van der Waals surface area contributed by atoms with Gasteiger partial charge in [-0.3, -0.25) is 9.59 Å². The average Bonchev–Trinajstić information content (AvgIpc) is 3.13. The van der Waals surface area contributed by atoms with Crippen molar-refractivity contribution in [1.82, 2.24) is 10.2 Å². The third-order valence-electron chi connectivity index (χ3n) is 2.65. The maximum absolute atomic E-state index is 11.8. The Labute approximate surface area is 105 Å². The van der Waals surface area contributed by atoms with E-state index in [1.165, 1.54) is 12.0 Å². The molecule has 18 heavy (non-hydrogen) atoms. The van der Waals surface area contributed by atoms with Gasteiger partial charge in [0.05, 0.1) is 20.0 Å². The average molecular weight is 258 g/mol. The molecular weight excluding hydrogens is 240 g/mol. The highest BCUT2D eigenvalue weighted by atomic mass is 16.5. The first-order chi connectivity index (χ1) is 8.54. The number of nitrogens with one attached hydrogen (secondary N) is 1. The van der Waals surface area contributed by atoms with Gasteiger partial charge in [0, 0.05) is 19.1 Å². The molecule has 0 saturated heterocycles. The first-order valence-corrected chi connectivity index (χ1v) is 5.87. The molecule has 1 fully saturated rings. The third kappa shape index (κ3) is 5.03. The molecule has 2 amide bonds. The van der Waals surface area contributed by atoms with Crippen LogP contribution in [0.1, 0.15) is 25.7 Å². The topological polar surface area (TPSA) is 95.9 Å². The lowest BCUT2D eigenvalue weighted by Crippen LogP contribution is -2.43. The van der Waals surface area contributed by atoms with Crippen LogP contribution in [0.4, 0.5) is 4.79 Å². The highest BCUT2D eigenvalue weighted by molar-refractivity contribution is 5.77. The second-order valence-corrected chi connectivity index (χ2v) is 4.13. The zero-order valence-electron chi connectivity index (χ0n) is 10.3. The van der Waals surface area contributed by atoms with Gasteiger partial charge in [-0.15, -0.1) is 0 Å². The van der Waals surface area contributed by atoms with Crippen LogP contribution < -0.4 is 5.32 Å². The molecule has 0 aromatic carbocycles. The van der Waals surface area contributed by atoms with Crippen molar-refractivity contribution >= 4 is 18.0 Å². The zero-order valence-corrected chi connectivity index (χ0v) is 10.3. The molecule has 1 rings (SSSR count). The van der Waals surface area contributed by atoms with Crippen LogP contribution in [0.5, 0.6) is 0 Å². The molecule has 1 aliphatic rings. The highest BCUT2D eigenvalue weighted by Crippen LogP contribution is 2.26. The fourth-order valence-corrected chi connectivity index (χ4v) is 1.53. The number of ether oxygens (including phenoxy) is 1. The summed E-state index contributed by atoms with van der Waals surface area (Å²) in [6.07, 6.45) is 1.86. The number of rotatable bonds is 7. The van der Waals surface area contributed by atoms with Crippen molar-refractivity contribution < 1.29 is 24.2 Å². The van der Waals surface area contributed by atoms with E-state index >= 15 is 0 Å². The summed E-state index contributed by atoms with van der Waals surface area (Å²) in [5.41, 5.74) is 0. The van der Waals surface area contributed by atoms with E-state index in [1.54, 1.807) is 0 Å². The van der Waals surface area contributed by atoms with E-state index in [2.05, 4.69) is 10.1 Å². The van der Waals surface area contributed by atoms with E-state index in [9.17, 15) is 14.4 Å². The largest absolute Gasteiger partial charge is 0.481 e. The van der Waals surface area contributed by atoms with Crippen molar-refractivity contribution in [2.24, 2.45) is 0 Å². The molecule has 7 nitrogen and oxygen atoms in total. The van der Waals surface area contributed by atoms with E-state index < -0.39 is 5.97 Å². The van der Waals surface area contributed by atoms with Gasteiger partial charge in [0.2, 0.25) is 0 Å². The molecule has 1 aliphatic carbocycles. The molecule has 2 N–H and O–H groups in total. The van der Waals surface area contributed by atoms with Gasteiger partial charge < -0.3 is 20.1 Å². The Kier molecular flexibility index (Phi) is 5.41. The van der Waals surface area contributed by atoms with Crippen molar-refractivity contribution in [3.05, 3.63) is 0 Å². The molecule has 0 unspecified atom stereocenters. The molecule has 0 aromatic heterocycles. The summed E-state index contributed by atoms with van der Waals surface area (Å²) in [6, 6.07) is -0.176. The Balaban J connectivity index is 2.30. The van der Waals surface area contributed by atoms with Crippen molar-refractivity contribution in [1.29, 1.82) is 0 Å². The number of carboxylic acid groups (broad SMARTS) is 1. The van der Waals surface area contributed by atoms with Crippen molar-refractivity contribution in [3.8, 4) is 0 Å². The van der Waals surface area contributed by atoms with Crippen molar-refractivity contribution in [2.75, 3.05) is 20.2 Å². The number of esters is 1. The number of carbonyl (C=O) groups is 3. The normalized spacial score (nSPS) is 13.8. The zero-order chi connectivity index (χ0) is 13.5. The minimum atomic E-state index is -0.928. The second-order valence-electron chi connectivity index (χ2n) is 4.13. The summed E-state index contributed by atoms with van der Waals surface area (Å²) in [7, 11) is 1.29. The number of amides is 2. The first kappa shape index (κ1) is 14.3. The van der Waals surface area contributed by atoms with E-state index in [4.69, 9.17) is 5.11 Å². The van der Waals surface area contributed by atoms with Crippen LogP contribution in [0.25, 0.3) is 0 Å². The van der Waals surface area contributed by atoms with Crippen LogP contribution in [0.15, 0.2) is 0 Å². The molecule has 0 spiro atoms. The van der Waals surface area contributed by atoms with E-state index in [0.717, 1.165) is 12.8 Å². The molecule has 102 valence electrons. The van der Waals surface area contributed by atoms with Crippen LogP contribution in [0.2, 0.25) is 0 Å². The van der Waals surface area contributed by atoms with Gasteiger partial charge >= 0.3 is 18.0 Å². The number of hydrogen-bond acceptors (Lipinski definition) is 4. The second kappa shape index (κ2) is 6.83. The van der Waals surface area contributed by atoms with E-state index in [-0.39, 0.29) is 44.0 Å². The lowest BCUT2D eigenvalue weighted by molar-refractivity contribution is -0.140. The van der Waals surface area contributed by atoms with Crippen LogP contribution in [-0.4, -0.2) is 54.2 Å². The Morgan fingerprint density at radius 1 is 1.33 bits per heavy atom. The predicted octanol–water partition coefficient (Wildman–Crippen LogP) is 0.198. The predicted molar refractivity (Wildman–Crippen MR) is 62.0 cm³/mol. The van der Waals surface area contributed by atoms with E-state index in [1.807, 2.05) is 0 Å². The van der Waals surface area contributed by atoms with Gasteiger partial charge in [-0.25, -0.2) is 4.79 Å². The van der Waals surface area contributed by atoms with Gasteiger partial charge in [-0.05, 0) is 12.8 Å². The van der Waals surface area contributed by atoms with Crippen LogP contribution in [0, 0.1) is 0 Å². The Bertz CT molecular complexity index is 327. The summed E-state index contributed by atoms with van der Waals surface area (Å²) in [5, 5.41) is 11.2. The van der Waals surface area contributed by atoms with Gasteiger partial charge in [0.1, 0.15) is 0 Å². The summed E-state index contributed by atoms with van der Waals surface area (Å²) in [5.74, 6) is -1.32. The number of urea groups is 1. The molecule has 7 heteroatoms. The summed E-state index contributed by atoms with van der Waals surface area (Å²) < 4.78 is 4.45. The van der Waals surface area contributed by atoms with Gasteiger partial charge in [0.15, 0.2) is 0 Å². The van der Waals surface area contributed by atoms with Crippen molar-refractivity contribution in [2.45, 2.75) is 31.7 Å². The minimum absolute atomic E-state index is 0.0685. The smallest absolute Gasteiger partial charge is 0.317 e. The number of hydrogen-bond donors (Lipinski definition) is 2. The van der Waals surface area contributed by atoms with Crippen LogP contribution in [0.3, 0.4) is 0 Å². The number of methoxy groups -OCH3 is 1. The summed E-state index contributed by atoms with van der Waals surface area (Å²) in [6.45, 7) is 0.395. The molecule has 0 aliphatic heterocycles. The summed E-state index contributed by atoms with van der Waals surface area (Å²) >= 11 is 0. The van der Waals surface area contributed by atoms with Gasteiger partial charge in [0.25, 0.3) is 0 Å². The van der Waals surface area contributed by atoms with E-state index in [0.29, 0.717) is 0 Å². The number of carbonyl (C=O) groups excluding carboxylic acids is 2. The Morgan fingerprint density at radius 2 is 2.00 bits per heavy atom. The molecule has 0 bridgehead atoms. The van der Waals surface area contributed by atoms with Crippen LogP contribution in [-0.2, 0) is 14.3 Å². The molecular formula is C11H18N2O5. The standard InChI is InChI=1S/C11H18N2O5/c1-18-10(16)4-6-12-11(17)13(8-2-3-8)7-5-9(14)15/h8H,2-7H2,1H3,(H,12,17)(H,14,15). The quantitative estimate of drug-likeness (QED) is 0.636. The lowest BCUT2D eigenvalue weighted by Gasteiger charge is -2.21. The summed E-state index contributed by atoms with van der Waals surface area (Å²) in [4.78, 5) is 34.6. The number of carboxylic acids is 1. The molecule has 0 atom stereocenters. The van der Waals surface area contributed by atoms with Gasteiger partial charge in [-0.1, -0.05) is 0 Å². The number of nitrogens with zero attached hydrogens (tertiary/aromatic N) is 1. The monoisotopic (exact) mass is 258 g/mol.